The quantitative estimate of drug-likeness (QED) is 0.262. The van der Waals surface area contributed by atoms with E-state index in [0.29, 0.717) is 37.2 Å². The topological polar surface area (TPSA) is 72.9 Å². The van der Waals surface area contributed by atoms with Gasteiger partial charge in [-0.2, -0.15) is 5.10 Å². The maximum atomic E-state index is 13.9. The largest absolute Gasteiger partial charge is 0.467 e. The fraction of sp³-hybridized carbons (Fsp3) is 0.345. The number of hydrogen-bond donors (Lipinski definition) is 1. The van der Waals surface area contributed by atoms with E-state index in [1.54, 1.807) is 23.1 Å². The molecule has 194 valence electrons. The van der Waals surface area contributed by atoms with E-state index < -0.39 is 6.10 Å². The SMILES string of the molecule is Cn1nc(-c2ccccc2)c(CN(CC2CC2)C[C@@H](O)COCc2ccco2)c1Oc1cccc(F)c1. The Bertz CT molecular complexity index is 1270. The van der Waals surface area contributed by atoms with Crippen LogP contribution in [0.15, 0.2) is 77.4 Å². The molecular formula is C29H32FN3O4. The smallest absolute Gasteiger partial charge is 0.222 e. The molecule has 2 aromatic carbocycles. The molecule has 1 atom stereocenters. The number of ether oxygens (including phenoxy) is 2. The third kappa shape index (κ3) is 6.85. The average Bonchev–Trinajstić information content (AvgIpc) is 3.45. The van der Waals surface area contributed by atoms with Gasteiger partial charge in [0.25, 0.3) is 0 Å². The van der Waals surface area contributed by atoms with Gasteiger partial charge in [-0.25, -0.2) is 9.07 Å². The molecule has 1 fully saturated rings. The molecular weight excluding hydrogens is 473 g/mol. The van der Waals surface area contributed by atoms with Gasteiger partial charge < -0.3 is 19.0 Å². The van der Waals surface area contributed by atoms with E-state index in [0.717, 1.165) is 29.1 Å². The number of aryl methyl sites for hydroxylation is 1. The highest BCUT2D eigenvalue weighted by molar-refractivity contribution is 5.65. The van der Waals surface area contributed by atoms with E-state index >= 15 is 0 Å². The molecule has 1 aliphatic carbocycles. The number of halogens is 1. The summed E-state index contributed by atoms with van der Waals surface area (Å²) < 4.78 is 32.7. The van der Waals surface area contributed by atoms with Gasteiger partial charge in [-0.15, -0.1) is 0 Å². The van der Waals surface area contributed by atoms with Crippen LogP contribution in [-0.4, -0.2) is 45.6 Å². The fourth-order valence-corrected chi connectivity index (χ4v) is 4.43. The summed E-state index contributed by atoms with van der Waals surface area (Å²) >= 11 is 0. The maximum Gasteiger partial charge on any atom is 0.222 e. The molecule has 0 saturated heterocycles. The molecule has 7 nitrogen and oxygen atoms in total. The Morgan fingerprint density at radius 2 is 1.97 bits per heavy atom. The number of hydrogen-bond acceptors (Lipinski definition) is 6. The molecule has 0 radical (unpaired) electrons. The van der Waals surface area contributed by atoms with Crippen LogP contribution in [0.25, 0.3) is 11.3 Å². The van der Waals surface area contributed by atoms with Crippen molar-refractivity contribution in [3.8, 4) is 22.9 Å². The van der Waals surface area contributed by atoms with Crippen molar-refractivity contribution in [2.24, 2.45) is 13.0 Å². The van der Waals surface area contributed by atoms with Crippen LogP contribution in [0, 0.1) is 11.7 Å². The molecule has 2 aromatic heterocycles. The van der Waals surface area contributed by atoms with Crippen LogP contribution in [0.5, 0.6) is 11.6 Å². The number of furan rings is 1. The van der Waals surface area contributed by atoms with Crippen molar-refractivity contribution >= 4 is 0 Å². The second kappa shape index (κ2) is 11.7. The summed E-state index contributed by atoms with van der Waals surface area (Å²) in [4.78, 5) is 2.24. The molecule has 0 amide bonds. The predicted molar refractivity (Wildman–Crippen MR) is 137 cm³/mol. The van der Waals surface area contributed by atoms with Gasteiger partial charge in [0.2, 0.25) is 5.88 Å². The lowest BCUT2D eigenvalue weighted by Crippen LogP contribution is -2.36. The Labute approximate surface area is 216 Å². The second-order valence-corrected chi connectivity index (χ2v) is 9.57. The van der Waals surface area contributed by atoms with Crippen LogP contribution < -0.4 is 4.74 Å². The highest BCUT2D eigenvalue weighted by Crippen LogP contribution is 2.36. The molecule has 1 aliphatic rings. The zero-order valence-corrected chi connectivity index (χ0v) is 20.9. The van der Waals surface area contributed by atoms with E-state index in [2.05, 4.69) is 4.90 Å². The third-order valence-electron chi connectivity index (χ3n) is 6.34. The molecule has 8 heteroatoms. The van der Waals surface area contributed by atoms with Crippen LogP contribution in [0.2, 0.25) is 0 Å². The van der Waals surface area contributed by atoms with E-state index in [9.17, 15) is 9.50 Å². The van der Waals surface area contributed by atoms with Gasteiger partial charge in [-0.05, 0) is 43.0 Å². The second-order valence-electron chi connectivity index (χ2n) is 9.57. The third-order valence-corrected chi connectivity index (χ3v) is 6.34. The maximum absolute atomic E-state index is 13.9. The summed E-state index contributed by atoms with van der Waals surface area (Å²) in [6.07, 6.45) is 3.31. The normalized spacial score (nSPS) is 14.3. The van der Waals surface area contributed by atoms with Gasteiger partial charge in [0, 0.05) is 38.3 Å². The first-order chi connectivity index (χ1) is 18.0. The van der Waals surface area contributed by atoms with E-state index in [4.69, 9.17) is 19.0 Å². The lowest BCUT2D eigenvalue weighted by molar-refractivity contribution is 0.00311. The van der Waals surface area contributed by atoms with Crippen molar-refractivity contribution in [3.05, 3.63) is 90.1 Å². The first-order valence-electron chi connectivity index (χ1n) is 12.6. The standard InChI is InChI=1S/C29H32FN3O4/c1-32-29(37-25-10-5-9-23(30)15-25)27(28(31-32)22-7-3-2-4-8-22)18-33(16-21-12-13-21)17-24(34)19-35-20-26-11-6-14-36-26/h2-11,14-15,21,24,34H,12-13,16-20H2,1H3/t24-/m1/s1. The monoisotopic (exact) mass is 505 g/mol. The van der Waals surface area contributed by atoms with Gasteiger partial charge in [0.1, 0.15) is 29.6 Å². The van der Waals surface area contributed by atoms with Crippen molar-refractivity contribution in [1.29, 1.82) is 0 Å². The van der Waals surface area contributed by atoms with Crippen LogP contribution in [0.4, 0.5) is 4.39 Å². The fourth-order valence-electron chi connectivity index (χ4n) is 4.43. The summed E-state index contributed by atoms with van der Waals surface area (Å²) in [7, 11) is 1.83. The number of aliphatic hydroxyl groups is 1. The molecule has 5 rings (SSSR count). The van der Waals surface area contributed by atoms with Crippen molar-refractivity contribution in [2.75, 3.05) is 19.7 Å². The lowest BCUT2D eigenvalue weighted by Gasteiger charge is -2.25. The summed E-state index contributed by atoms with van der Waals surface area (Å²) in [6, 6.07) is 19.7. The van der Waals surface area contributed by atoms with Crippen molar-refractivity contribution < 1.29 is 23.4 Å². The van der Waals surface area contributed by atoms with Crippen molar-refractivity contribution in [2.45, 2.75) is 32.1 Å². The Morgan fingerprint density at radius 3 is 2.70 bits per heavy atom. The summed E-state index contributed by atoms with van der Waals surface area (Å²) in [5.41, 5.74) is 2.66. The minimum Gasteiger partial charge on any atom is -0.467 e. The molecule has 4 aromatic rings. The van der Waals surface area contributed by atoms with Crippen LogP contribution in [0.3, 0.4) is 0 Å². The van der Waals surface area contributed by atoms with Gasteiger partial charge >= 0.3 is 0 Å². The van der Waals surface area contributed by atoms with Crippen LogP contribution in [-0.2, 0) is 24.9 Å². The van der Waals surface area contributed by atoms with Gasteiger partial charge in [-0.3, -0.25) is 4.90 Å². The summed E-state index contributed by atoms with van der Waals surface area (Å²) in [5.74, 6) is 1.93. The van der Waals surface area contributed by atoms with Crippen molar-refractivity contribution in [3.63, 3.8) is 0 Å². The zero-order valence-electron chi connectivity index (χ0n) is 20.9. The molecule has 2 heterocycles. The molecule has 0 bridgehead atoms. The van der Waals surface area contributed by atoms with E-state index in [1.165, 1.54) is 25.0 Å². The number of benzene rings is 2. The van der Waals surface area contributed by atoms with Gasteiger partial charge in [-0.1, -0.05) is 36.4 Å². The Balaban J connectivity index is 1.37. The number of rotatable bonds is 13. The molecule has 1 saturated carbocycles. The number of aliphatic hydroxyl groups excluding tert-OH is 1. The molecule has 0 spiro atoms. The Hall–Kier alpha value is -3.46. The molecule has 0 aliphatic heterocycles. The highest BCUT2D eigenvalue weighted by atomic mass is 19.1. The molecule has 1 N–H and O–H groups in total. The summed E-state index contributed by atoms with van der Waals surface area (Å²) in [5, 5.41) is 15.6. The molecule has 37 heavy (non-hydrogen) atoms. The minimum absolute atomic E-state index is 0.201. The molecule has 0 unspecified atom stereocenters. The predicted octanol–water partition coefficient (Wildman–Crippen LogP) is 5.40. The number of aromatic nitrogens is 2. The first kappa shape index (κ1) is 25.2. The average molecular weight is 506 g/mol. The van der Waals surface area contributed by atoms with Crippen molar-refractivity contribution in [1.82, 2.24) is 14.7 Å². The van der Waals surface area contributed by atoms with Gasteiger partial charge in [0.05, 0.1) is 24.5 Å². The lowest BCUT2D eigenvalue weighted by atomic mass is 10.1. The Kier molecular flexibility index (Phi) is 7.99. The van der Waals surface area contributed by atoms with Crippen LogP contribution >= 0.6 is 0 Å². The van der Waals surface area contributed by atoms with E-state index in [-0.39, 0.29) is 12.4 Å². The Morgan fingerprint density at radius 1 is 1.14 bits per heavy atom. The number of nitrogens with zero attached hydrogens (tertiary/aromatic N) is 3. The van der Waals surface area contributed by atoms with Gasteiger partial charge in [0.15, 0.2) is 0 Å². The zero-order chi connectivity index (χ0) is 25.6. The first-order valence-corrected chi connectivity index (χ1v) is 12.6. The van der Waals surface area contributed by atoms with E-state index in [1.807, 2.05) is 49.5 Å². The van der Waals surface area contributed by atoms with Crippen LogP contribution in [0.1, 0.15) is 24.2 Å². The highest BCUT2D eigenvalue weighted by Gasteiger charge is 2.28. The minimum atomic E-state index is -0.668. The summed E-state index contributed by atoms with van der Waals surface area (Å²) in [6.45, 7) is 2.34.